The van der Waals surface area contributed by atoms with Crippen LogP contribution in [0.25, 0.3) is 22.6 Å². The van der Waals surface area contributed by atoms with E-state index in [9.17, 15) is 4.79 Å². The van der Waals surface area contributed by atoms with E-state index in [4.69, 9.17) is 21.4 Å². The van der Waals surface area contributed by atoms with Crippen LogP contribution in [0.5, 0.6) is 5.75 Å². The van der Waals surface area contributed by atoms with Gasteiger partial charge in [0.05, 0.1) is 6.61 Å². The summed E-state index contributed by atoms with van der Waals surface area (Å²) in [5, 5.41) is 5.97. The molecule has 1 amide bonds. The van der Waals surface area contributed by atoms with Crippen molar-refractivity contribution in [2.75, 3.05) is 11.9 Å². The van der Waals surface area contributed by atoms with Gasteiger partial charge in [-0.05, 0) is 98.2 Å². The lowest BCUT2D eigenvalue weighted by molar-refractivity contribution is 0.0977. The Morgan fingerprint density at radius 1 is 0.972 bits per heavy atom. The number of hydrogen-bond acceptors (Lipinski definition) is 5. The lowest BCUT2D eigenvalue weighted by Crippen LogP contribution is -2.34. The summed E-state index contributed by atoms with van der Waals surface area (Å²) in [7, 11) is 0. The highest BCUT2D eigenvalue weighted by molar-refractivity contribution is 7.80. The second-order valence-corrected chi connectivity index (χ2v) is 9.25. The SMILES string of the molecule is CCCCCCOc1ccc(C(=O)NC(=S)Nc2ccc3oc(-c4ccc(C)c(C)c4)nc3c2)cc1. The van der Waals surface area contributed by atoms with Gasteiger partial charge in [-0.25, -0.2) is 4.98 Å². The number of aryl methyl sites for hydroxylation is 2. The highest BCUT2D eigenvalue weighted by atomic mass is 32.1. The Labute approximate surface area is 217 Å². The topological polar surface area (TPSA) is 76.4 Å². The van der Waals surface area contributed by atoms with Crippen molar-refractivity contribution in [1.29, 1.82) is 0 Å². The zero-order valence-electron chi connectivity index (χ0n) is 20.9. The first-order valence-electron chi connectivity index (χ1n) is 12.3. The van der Waals surface area contributed by atoms with Gasteiger partial charge in [0, 0.05) is 16.8 Å². The maximum Gasteiger partial charge on any atom is 0.257 e. The largest absolute Gasteiger partial charge is 0.494 e. The summed E-state index contributed by atoms with van der Waals surface area (Å²) < 4.78 is 11.7. The van der Waals surface area contributed by atoms with Crippen LogP contribution in [0.4, 0.5) is 5.69 Å². The van der Waals surface area contributed by atoms with Crippen LogP contribution in [0.2, 0.25) is 0 Å². The summed E-state index contributed by atoms with van der Waals surface area (Å²) in [6.07, 6.45) is 4.61. The first-order valence-corrected chi connectivity index (χ1v) is 12.7. The predicted molar refractivity (Wildman–Crippen MR) is 149 cm³/mol. The number of aromatic nitrogens is 1. The van der Waals surface area contributed by atoms with E-state index in [2.05, 4.69) is 48.5 Å². The quantitative estimate of drug-likeness (QED) is 0.187. The Kier molecular flexibility index (Phi) is 8.33. The van der Waals surface area contributed by atoms with Crippen molar-refractivity contribution in [2.24, 2.45) is 0 Å². The molecule has 0 aliphatic heterocycles. The van der Waals surface area contributed by atoms with E-state index in [1.807, 2.05) is 24.3 Å². The first kappa shape index (κ1) is 25.4. The zero-order chi connectivity index (χ0) is 25.5. The molecule has 6 nitrogen and oxygen atoms in total. The molecular weight excluding hydrogens is 470 g/mol. The monoisotopic (exact) mass is 501 g/mol. The van der Waals surface area contributed by atoms with Gasteiger partial charge in [-0.15, -0.1) is 0 Å². The molecule has 0 spiro atoms. The van der Waals surface area contributed by atoms with E-state index < -0.39 is 0 Å². The minimum absolute atomic E-state index is 0.202. The molecule has 7 heteroatoms. The summed E-state index contributed by atoms with van der Waals surface area (Å²) in [5.74, 6) is 1.03. The molecule has 0 saturated heterocycles. The molecule has 2 N–H and O–H groups in total. The molecule has 0 fully saturated rings. The molecule has 36 heavy (non-hydrogen) atoms. The van der Waals surface area contributed by atoms with Crippen LogP contribution in [0, 0.1) is 13.8 Å². The summed E-state index contributed by atoms with van der Waals surface area (Å²) >= 11 is 5.35. The number of amides is 1. The summed E-state index contributed by atoms with van der Waals surface area (Å²) in [4.78, 5) is 17.2. The van der Waals surface area contributed by atoms with Gasteiger partial charge in [-0.2, -0.15) is 0 Å². The molecule has 0 saturated carbocycles. The first-order chi connectivity index (χ1) is 17.4. The average molecular weight is 502 g/mol. The van der Waals surface area contributed by atoms with Gasteiger partial charge in [0.2, 0.25) is 5.89 Å². The van der Waals surface area contributed by atoms with Crippen molar-refractivity contribution in [2.45, 2.75) is 46.5 Å². The molecule has 0 bridgehead atoms. The van der Waals surface area contributed by atoms with Crippen LogP contribution >= 0.6 is 12.2 Å². The standard InChI is InChI=1S/C29H31N3O3S/c1-4-5-6-7-16-34-24-13-10-21(11-14-24)27(33)32-29(36)30-23-12-15-26-25(18-23)31-28(35-26)22-9-8-19(2)20(3)17-22/h8-15,17-18H,4-7,16H2,1-3H3,(H2,30,32,33,36). The Morgan fingerprint density at radius 3 is 2.53 bits per heavy atom. The number of unbranched alkanes of at least 4 members (excludes halogenated alkanes) is 3. The normalized spacial score (nSPS) is 10.9. The number of thiocarbonyl (C=S) groups is 1. The Hall–Kier alpha value is -3.71. The third kappa shape index (κ3) is 6.49. The van der Waals surface area contributed by atoms with Gasteiger partial charge in [-0.1, -0.05) is 32.3 Å². The number of carbonyl (C=O) groups is 1. The fourth-order valence-electron chi connectivity index (χ4n) is 3.76. The number of nitrogens with one attached hydrogen (secondary N) is 2. The minimum atomic E-state index is -0.290. The van der Waals surface area contributed by atoms with Crippen LogP contribution in [-0.4, -0.2) is 22.6 Å². The third-order valence-corrected chi connectivity index (χ3v) is 6.21. The second kappa shape index (κ2) is 11.8. The fourth-order valence-corrected chi connectivity index (χ4v) is 3.97. The van der Waals surface area contributed by atoms with Crippen LogP contribution in [0.1, 0.15) is 54.1 Å². The number of oxazole rings is 1. The fraction of sp³-hybridized carbons (Fsp3) is 0.276. The Balaban J connectivity index is 1.34. The smallest absolute Gasteiger partial charge is 0.257 e. The number of benzene rings is 3. The van der Waals surface area contributed by atoms with Crippen LogP contribution in [0.15, 0.2) is 65.1 Å². The lowest BCUT2D eigenvalue weighted by Gasteiger charge is -2.10. The highest BCUT2D eigenvalue weighted by Gasteiger charge is 2.12. The minimum Gasteiger partial charge on any atom is -0.494 e. The van der Waals surface area contributed by atoms with Gasteiger partial charge in [0.1, 0.15) is 11.3 Å². The van der Waals surface area contributed by atoms with Crippen molar-refractivity contribution >= 4 is 40.0 Å². The van der Waals surface area contributed by atoms with Crippen LogP contribution in [0.3, 0.4) is 0 Å². The molecule has 0 aliphatic carbocycles. The van der Waals surface area contributed by atoms with Gasteiger partial charge in [0.15, 0.2) is 10.7 Å². The third-order valence-electron chi connectivity index (χ3n) is 6.01. The molecule has 0 radical (unpaired) electrons. The number of carbonyl (C=O) groups excluding carboxylic acids is 1. The second-order valence-electron chi connectivity index (χ2n) is 8.84. The number of ether oxygens (including phenoxy) is 1. The van der Waals surface area contributed by atoms with E-state index in [-0.39, 0.29) is 11.0 Å². The van der Waals surface area contributed by atoms with E-state index >= 15 is 0 Å². The van der Waals surface area contributed by atoms with Crippen molar-refractivity contribution < 1.29 is 13.9 Å². The molecule has 4 rings (SSSR count). The molecule has 0 atom stereocenters. The maximum atomic E-state index is 12.6. The Morgan fingerprint density at radius 2 is 1.78 bits per heavy atom. The molecule has 0 unspecified atom stereocenters. The van der Waals surface area contributed by atoms with Gasteiger partial charge in [0.25, 0.3) is 5.91 Å². The zero-order valence-corrected chi connectivity index (χ0v) is 21.7. The van der Waals surface area contributed by atoms with E-state index in [1.54, 1.807) is 24.3 Å². The highest BCUT2D eigenvalue weighted by Crippen LogP contribution is 2.27. The number of hydrogen-bond donors (Lipinski definition) is 2. The van der Waals surface area contributed by atoms with Gasteiger partial charge < -0.3 is 14.5 Å². The van der Waals surface area contributed by atoms with E-state index in [1.165, 1.54) is 30.4 Å². The molecule has 0 aliphatic rings. The number of rotatable bonds is 9. The number of anilines is 1. The number of nitrogens with zero attached hydrogens (tertiary/aromatic N) is 1. The predicted octanol–water partition coefficient (Wildman–Crippen LogP) is 7.20. The van der Waals surface area contributed by atoms with Crippen molar-refractivity contribution in [3.63, 3.8) is 0 Å². The van der Waals surface area contributed by atoms with Crippen molar-refractivity contribution in [3.05, 3.63) is 77.4 Å². The molecule has 186 valence electrons. The van der Waals surface area contributed by atoms with Gasteiger partial charge >= 0.3 is 0 Å². The molecule has 3 aromatic carbocycles. The average Bonchev–Trinajstić information content (AvgIpc) is 3.29. The summed E-state index contributed by atoms with van der Waals surface area (Å²) in [6, 6.07) is 18.7. The Bertz CT molecular complexity index is 1360. The maximum absolute atomic E-state index is 12.6. The van der Waals surface area contributed by atoms with E-state index in [0.29, 0.717) is 34.8 Å². The lowest BCUT2D eigenvalue weighted by atomic mass is 10.1. The van der Waals surface area contributed by atoms with Crippen molar-refractivity contribution in [1.82, 2.24) is 10.3 Å². The molecule has 4 aromatic rings. The summed E-state index contributed by atoms with van der Waals surface area (Å²) in [6.45, 7) is 7.01. The molecule has 1 heterocycles. The van der Waals surface area contributed by atoms with E-state index in [0.717, 1.165) is 17.7 Å². The van der Waals surface area contributed by atoms with Gasteiger partial charge in [-0.3, -0.25) is 10.1 Å². The van der Waals surface area contributed by atoms with Crippen LogP contribution < -0.4 is 15.4 Å². The number of fused-ring (bicyclic) bond motifs is 1. The molecule has 1 aromatic heterocycles. The summed E-state index contributed by atoms with van der Waals surface area (Å²) in [5.41, 5.74) is 5.92. The molecular formula is C29H31N3O3S. The van der Waals surface area contributed by atoms with Crippen LogP contribution in [-0.2, 0) is 0 Å². The van der Waals surface area contributed by atoms with Crippen molar-refractivity contribution in [3.8, 4) is 17.2 Å².